The smallest absolute Gasteiger partial charge is 0.255 e. The van der Waals surface area contributed by atoms with Crippen LogP contribution in [-0.4, -0.2) is 69.5 Å². The van der Waals surface area contributed by atoms with Crippen LogP contribution in [0, 0.1) is 0 Å². The van der Waals surface area contributed by atoms with Gasteiger partial charge in [-0.15, -0.1) is 0 Å². The number of anilines is 1. The number of nitrogens with zero attached hydrogens (tertiary/aromatic N) is 2. The Morgan fingerprint density at radius 1 is 0.938 bits per heavy atom. The Balaban J connectivity index is 1.37. The van der Waals surface area contributed by atoms with Crippen molar-refractivity contribution in [2.45, 2.75) is 30.6 Å². The number of hydrogen-bond acceptors (Lipinski definition) is 5. The van der Waals surface area contributed by atoms with Crippen molar-refractivity contribution < 1.29 is 17.9 Å². The maximum absolute atomic E-state index is 12.9. The van der Waals surface area contributed by atoms with E-state index in [0.29, 0.717) is 24.3 Å². The number of hydrogen-bond donors (Lipinski definition) is 1. The van der Waals surface area contributed by atoms with Gasteiger partial charge in [0.15, 0.2) is 0 Å². The summed E-state index contributed by atoms with van der Waals surface area (Å²) >= 11 is 0. The molecule has 0 aromatic heterocycles. The monoisotopic (exact) mass is 457 g/mol. The molecule has 172 valence electrons. The Hall–Kier alpha value is -2.26. The number of rotatable bonds is 7. The molecule has 7 nitrogen and oxygen atoms in total. The molecule has 1 N–H and O–H groups in total. The molecule has 0 atom stereocenters. The van der Waals surface area contributed by atoms with E-state index in [9.17, 15) is 13.2 Å². The van der Waals surface area contributed by atoms with E-state index in [4.69, 9.17) is 4.74 Å². The summed E-state index contributed by atoms with van der Waals surface area (Å²) in [7, 11) is -3.57. The van der Waals surface area contributed by atoms with E-state index in [1.165, 1.54) is 15.9 Å². The van der Waals surface area contributed by atoms with E-state index in [1.54, 1.807) is 18.2 Å². The van der Waals surface area contributed by atoms with Gasteiger partial charge in [0.25, 0.3) is 5.91 Å². The standard InChI is InChI=1S/C24H31N3O4S/c28-24(21-5-4-6-23(19-21)32(29,30)27-12-2-1-3-13-27)25-22-9-7-20(8-10-22)11-14-26-15-17-31-18-16-26/h4-10,19H,1-3,11-18H2,(H,25,28). The zero-order valence-electron chi connectivity index (χ0n) is 18.3. The molecule has 0 bridgehead atoms. The topological polar surface area (TPSA) is 79.0 Å². The molecule has 0 aliphatic carbocycles. The summed E-state index contributed by atoms with van der Waals surface area (Å²) in [4.78, 5) is 15.3. The SMILES string of the molecule is O=C(Nc1ccc(CCN2CCOCC2)cc1)c1cccc(S(=O)(=O)N2CCCCC2)c1. The average molecular weight is 458 g/mol. The fourth-order valence-electron chi connectivity index (χ4n) is 4.12. The number of piperidine rings is 1. The third-order valence-corrected chi connectivity index (χ3v) is 7.98. The predicted molar refractivity (Wildman–Crippen MR) is 124 cm³/mol. The van der Waals surface area contributed by atoms with Crippen molar-refractivity contribution in [1.29, 1.82) is 0 Å². The number of nitrogens with one attached hydrogen (secondary N) is 1. The first-order valence-electron chi connectivity index (χ1n) is 11.3. The Morgan fingerprint density at radius 2 is 1.66 bits per heavy atom. The molecule has 4 rings (SSSR count). The molecule has 1 amide bonds. The van der Waals surface area contributed by atoms with Gasteiger partial charge in [0, 0.05) is 44.0 Å². The van der Waals surface area contributed by atoms with Crippen molar-refractivity contribution in [1.82, 2.24) is 9.21 Å². The van der Waals surface area contributed by atoms with E-state index >= 15 is 0 Å². The Kier molecular flexibility index (Phi) is 7.57. The van der Waals surface area contributed by atoms with E-state index in [-0.39, 0.29) is 10.8 Å². The third kappa shape index (κ3) is 5.75. The maximum atomic E-state index is 12.9. The van der Waals surface area contributed by atoms with Crippen LogP contribution in [0.2, 0.25) is 0 Å². The average Bonchev–Trinajstić information content (AvgIpc) is 2.85. The van der Waals surface area contributed by atoms with Crippen LogP contribution < -0.4 is 5.32 Å². The first kappa shape index (κ1) is 22.9. The van der Waals surface area contributed by atoms with Gasteiger partial charge in [0.05, 0.1) is 18.1 Å². The van der Waals surface area contributed by atoms with Crippen molar-refractivity contribution in [2.24, 2.45) is 0 Å². The predicted octanol–water partition coefficient (Wildman–Crippen LogP) is 2.99. The molecule has 2 saturated heterocycles. The molecule has 8 heteroatoms. The Labute approximate surface area is 190 Å². The summed E-state index contributed by atoms with van der Waals surface area (Å²) in [6.45, 7) is 5.61. The summed E-state index contributed by atoms with van der Waals surface area (Å²) < 4.78 is 32.7. The molecular weight excluding hydrogens is 426 g/mol. The summed E-state index contributed by atoms with van der Waals surface area (Å²) in [5, 5.41) is 2.87. The van der Waals surface area contributed by atoms with E-state index in [1.807, 2.05) is 24.3 Å². The highest BCUT2D eigenvalue weighted by atomic mass is 32.2. The fraction of sp³-hybridized carbons (Fsp3) is 0.458. The van der Waals surface area contributed by atoms with Gasteiger partial charge in [0.2, 0.25) is 10.0 Å². The first-order chi connectivity index (χ1) is 15.5. The van der Waals surface area contributed by atoms with Crippen molar-refractivity contribution in [3.63, 3.8) is 0 Å². The Morgan fingerprint density at radius 3 is 2.38 bits per heavy atom. The third-order valence-electron chi connectivity index (χ3n) is 6.08. The molecule has 2 aromatic carbocycles. The van der Waals surface area contributed by atoms with Crippen LogP contribution in [0.3, 0.4) is 0 Å². The van der Waals surface area contributed by atoms with Crippen molar-refractivity contribution in [3.05, 3.63) is 59.7 Å². The number of benzene rings is 2. The van der Waals surface area contributed by atoms with Gasteiger partial charge in [-0.1, -0.05) is 24.6 Å². The second-order valence-corrected chi connectivity index (χ2v) is 10.3. The van der Waals surface area contributed by atoms with Crippen LogP contribution in [0.5, 0.6) is 0 Å². The van der Waals surface area contributed by atoms with Crippen molar-refractivity contribution >= 4 is 21.6 Å². The van der Waals surface area contributed by atoms with Crippen molar-refractivity contribution in [2.75, 3.05) is 51.3 Å². The zero-order chi connectivity index (χ0) is 22.4. The van der Waals surface area contributed by atoms with Crippen LogP contribution >= 0.6 is 0 Å². The van der Waals surface area contributed by atoms with Crippen LogP contribution in [0.25, 0.3) is 0 Å². The summed E-state index contributed by atoms with van der Waals surface area (Å²) in [5.74, 6) is -0.318. The molecule has 2 aliphatic heterocycles. The van der Waals surface area contributed by atoms with Crippen LogP contribution in [0.15, 0.2) is 53.4 Å². The van der Waals surface area contributed by atoms with Gasteiger partial charge in [-0.3, -0.25) is 9.69 Å². The van der Waals surface area contributed by atoms with Gasteiger partial charge in [-0.05, 0) is 55.2 Å². The van der Waals surface area contributed by atoms with Crippen LogP contribution in [0.4, 0.5) is 5.69 Å². The molecule has 0 spiro atoms. The molecular formula is C24H31N3O4S. The van der Waals surface area contributed by atoms with E-state index in [2.05, 4.69) is 10.2 Å². The van der Waals surface area contributed by atoms with Gasteiger partial charge in [-0.25, -0.2) is 8.42 Å². The fourth-order valence-corrected chi connectivity index (χ4v) is 5.69. The molecule has 2 heterocycles. The molecule has 0 saturated carbocycles. The minimum Gasteiger partial charge on any atom is -0.379 e. The molecule has 2 fully saturated rings. The largest absolute Gasteiger partial charge is 0.379 e. The Bertz CT molecular complexity index is 1010. The number of morpholine rings is 1. The highest BCUT2D eigenvalue weighted by Crippen LogP contribution is 2.22. The summed E-state index contributed by atoms with van der Waals surface area (Å²) in [6.07, 6.45) is 3.76. The molecule has 2 aromatic rings. The molecule has 0 radical (unpaired) electrons. The van der Waals surface area contributed by atoms with E-state index < -0.39 is 10.0 Å². The van der Waals surface area contributed by atoms with Gasteiger partial charge in [0.1, 0.15) is 0 Å². The van der Waals surface area contributed by atoms with Crippen LogP contribution in [-0.2, 0) is 21.2 Å². The normalized spacial score (nSPS) is 18.4. The second kappa shape index (κ2) is 10.6. The highest BCUT2D eigenvalue weighted by molar-refractivity contribution is 7.89. The number of ether oxygens (including phenoxy) is 1. The van der Waals surface area contributed by atoms with Crippen LogP contribution in [0.1, 0.15) is 35.2 Å². The number of carbonyl (C=O) groups excluding carboxylic acids is 1. The molecule has 32 heavy (non-hydrogen) atoms. The summed E-state index contributed by atoms with van der Waals surface area (Å²) in [5.41, 5.74) is 2.23. The second-order valence-electron chi connectivity index (χ2n) is 8.35. The lowest BCUT2D eigenvalue weighted by atomic mass is 10.1. The molecule has 2 aliphatic rings. The van der Waals surface area contributed by atoms with E-state index in [0.717, 1.165) is 58.5 Å². The quantitative estimate of drug-likeness (QED) is 0.692. The number of carbonyl (C=O) groups is 1. The lowest BCUT2D eigenvalue weighted by molar-refractivity contribution is 0.0384. The maximum Gasteiger partial charge on any atom is 0.255 e. The summed E-state index contributed by atoms with van der Waals surface area (Å²) in [6, 6.07) is 14.1. The van der Waals surface area contributed by atoms with Gasteiger partial charge in [-0.2, -0.15) is 4.31 Å². The lowest BCUT2D eigenvalue weighted by Gasteiger charge is -2.26. The van der Waals surface area contributed by atoms with Gasteiger partial charge < -0.3 is 10.1 Å². The highest BCUT2D eigenvalue weighted by Gasteiger charge is 2.26. The lowest BCUT2D eigenvalue weighted by Crippen LogP contribution is -2.37. The van der Waals surface area contributed by atoms with Gasteiger partial charge >= 0.3 is 0 Å². The molecule has 0 unspecified atom stereocenters. The first-order valence-corrected chi connectivity index (χ1v) is 12.8. The number of amides is 1. The zero-order valence-corrected chi connectivity index (χ0v) is 19.1. The minimum absolute atomic E-state index is 0.172. The number of sulfonamides is 1. The van der Waals surface area contributed by atoms with Crippen molar-refractivity contribution in [3.8, 4) is 0 Å². The minimum atomic E-state index is -3.57.